The highest BCUT2D eigenvalue weighted by molar-refractivity contribution is 7.20. The largest absolute Gasteiger partial charge is 0.457 e. The number of thiophene rings is 1. The lowest BCUT2D eigenvalue weighted by Crippen LogP contribution is -2.34. The van der Waals surface area contributed by atoms with Gasteiger partial charge in [0.2, 0.25) is 0 Å². The van der Waals surface area contributed by atoms with Crippen molar-refractivity contribution >= 4 is 33.4 Å². The number of aryl methyl sites for hydroxylation is 1. The molecule has 1 aliphatic rings. The summed E-state index contributed by atoms with van der Waals surface area (Å²) in [7, 11) is 0. The van der Waals surface area contributed by atoms with E-state index in [9.17, 15) is 9.59 Å². The maximum Gasteiger partial charge on any atom is 0.298 e. The summed E-state index contributed by atoms with van der Waals surface area (Å²) in [6.45, 7) is 3.07. The fourth-order valence-electron chi connectivity index (χ4n) is 3.72. The number of carbonyl (C=O) groups is 1. The molecule has 33 heavy (non-hydrogen) atoms. The van der Waals surface area contributed by atoms with Crippen molar-refractivity contribution in [2.75, 3.05) is 18.9 Å². The molecule has 8 nitrogen and oxygen atoms in total. The smallest absolute Gasteiger partial charge is 0.298 e. The van der Waals surface area contributed by atoms with E-state index in [1.54, 1.807) is 12.1 Å². The van der Waals surface area contributed by atoms with Crippen molar-refractivity contribution in [2.45, 2.75) is 19.4 Å². The van der Waals surface area contributed by atoms with E-state index in [2.05, 4.69) is 10.3 Å². The highest BCUT2D eigenvalue weighted by Crippen LogP contribution is 2.30. The number of benzene rings is 2. The average molecular weight is 463 g/mol. The van der Waals surface area contributed by atoms with E-state index in [1.165, 1.54) is 15.9 Å². The van der Waals surface area contributed by atoms with Crippen LogP contribution in [0.1, 0.15) is 21.7 Å². The molecule has 9 heteroatoms. The summed E-state index contributed by atoms with van der Waals surface area (Å²) >= 11 is 1.20. The molecule has 4 aromatic rings. The molecule has 3 N–H and O–H groups in total. The normalized spacial score (nSPS) is 15.6. The van der Waals surface area contributed by atoms with Gasteiger partial charge in [0, 0.05) is 12.7 Å². The second-order valence-corrected chi connectivity index (χ2v) is 8.87. The van der Waals surface area contributed by atoms with Gasteiger partial charge in [0.25, 0.3) is 11.5 Å². The number of carbonyl (C=O) groups excluding carboxylic acids is 1. The Morgan fingerprint density at radius 3 is 2.82 bits per heavy atom. The van der Waals surface area contributed by atoms with Crippen molar-refractivity contribution in [3.05, 3.63) is 75.4 Å². The molecule has 0 radical (unpaired) electrons. The monoisotopic (exact) mass is 462 g/mol. The molecule has 1 saturated heterocycles. The Hall–Kier alpha value is -3.69. The summed E-state index contributed by atoms with van der Waals surface area (Å²) in [4.78, 5) is 31.0. The van der Waals surface area contributed by atoms with Crippen LogP contribution in [0, 0.1) is 6.92 Å². The zero-order chi connectivity index (χ0) is 22.9. The summed E-state index contributed by atoms with van der Waals surface area (Å²) in [5, 5.41) is 2.97. The number of nitrogens with two attached hydrogens (primary N) is 1. The number of hydrogen-bond donors (Lipinski definition) is 2. The molecule has 5 rings (SSSR count). The van der Waals surface area contributed by atoms with E-state index < -0.39 is 5.56 Å². The summed E-state index contributed by atoms with van der Waals surface area (Å²) in [5.41, 5.74) is 7.50. The average Bonchev–Trinajstić information content (AvgIpc) is 3.47. The summed E-state index contributed by atoms with van der Waals surface area (Å²) < 4.78 is 12.8. The predicted octanol–water partition coefficient (Wildman–Crippen LogP) is 3.65. The van der Waals surface area contributed by atoms with Crippen LogP contribution in [0.2, 0.25) is 0 Å². The van der Waals surface area contributed by atoms with Crippen molar-refractivity contribution in [2.24, 2.45) is 0 Å². The number of nitrogens with one attached hydrogen (secondary N) is 1. The topological polar surface area (TPSA) is 108 Å². The maximum atomic E-state index is 13.0. The Balaban J connectivity index is 1.56. The van der Waals surface area contributed by atoms with Crippen LogP contribution in [-0.4, -0.2) is 34.7 Å². The molecule has 1 amide bonds. The number of rotatable bonds is 5. The van der Waals surface area contributed by atoms with E-state index >= 15 is 0 Å². The minimum Gasteiger partial charge on any atom is -0.457 e. The van der Waals surface area contributed by atoms with Crippen LogP contribution >= 0.6 is 11.3 Å². The third kappa shape index (κ3) is 4.20. The van der Waals surface area contributed by atoms with Crippen LogP contribution in [0.25, 0.3) is 16.0 Å². The van der Waals surface area contributed by atoms with Gasteiger partial charge in [-0.1, -0.05) is 24.3 Å². The number of nitrogens with zero attached hydrogens (tertiary/aromatic N) is 2. The third-order valence-corrected chi connectivity index (χ3v) is 6.49. The third-order valence-electron chi connectivity index (χ3n) is 5.47. The number of fused-ring (bicyclic) bond motifs is 1. The molecule has 0 unspecified atom stereocenters. The zero-order valence-electron chi connectivity index (χ0n) is 17.9. The summed E-state index contributed by atoms with van der Waals surface area (Å²) in [6, 6.07) is 16.6. The highest BCUT2D eigenvalue weighted by Gasteiger charge is 2.22. The Kier molecular flexibility index (Phi) is 5.57. The lowest BCUT2D eigenvalue weighted by atomic mass is 10.2. The van der Waals surface area contributed by atoms with Crippen molar-refractivity contribution in [1.29, 1.82) is 0 Å². The number of nitrogen functional groups attached to an aromatic ring is 1. The van der Waals surface area contributed by atoms with E-state index in [0.717, 1.165) is 12.0 Å². The Bertz CT molecular complexity index is 1390. The molecule has 0 spiro atoms. The first-order valence-electron chi connectivity index (χ1n) is 10.5. The van der Waals surface area contributed by atoms with Crippen LogP contribution in [0.3, 0.4) is 0 Å². The van der Waals surface area contributed by atoms with Gasteiger partial charge in [-0.15, -0.1) is 11.3 Å². The van der Waals surface area contributed by atoms with Crippen LogP contribution < -0.4 is 21.3 Å². The van der Waals surface area contributed by atoms with E-state index in [-0.39, 0.29) is 17.8 Å². The van der Waals surface area contributed by atoms with Gasteiger partial charge < -0.3 is 20.5 Å². The zero-order valence-corrected chi connectivity index (χ0v) is 18.7. The maximum absolute atomic E-state index is 13.0. The summed E-state index contributed by atoms with van der Waals surface area (Å²) in [6.07, 6.45) is 0.778. The standard InChI is InChI=1S/C24H22N4O4S/c1-14-7-8-16(11-19(14)32-17-5-3-2-4-6-17)28-18-12-20(22(29)26-15-9-10-31-13-15)33-23(18)27-21(25)24(28)30/h2-8,11-12,15H,9-10,13H2,1H3,(H2,25,27)(H,26,29)/t15-/m1/s1. The van der Waals surface area contributed by atoms with Gasteiger partial charge in [-0.3, -0.25) is 14.2 Å². The molecule has 3 heterocycles. The van der Waals surface area contributed by atoms with Gasteiger partial charge in [0.15, 0.2) is 5.82 Å². The quantitative estimate of drug-likeness (QED) is 0.469. The SMILES string of the molecule is Cc1ccc(-n2c(=O)c(N)nc3sc(C(=O)N[C@@H]4CCOC4)cc32)cc1Oc1ccccc1. The number of amides is 1. The van der Waals surface area contributed by atoms with Gasteiger partial charge in [-0.2, -0.15) is 0 Å². The van der Waals surface area contributed by atoms with Crippen molar-refractivity contribution in [1.82, 2.24) is 14.9 Å². The highest BCUT2D eigenvalue weighted by atomic mass is 32.1. The molecule has 2 aromatic carbocycles. The van der Waals surface area contributed by atoms with Crippen LogP contribution in [-0.2, 0) is 4.74 Å². The van der Waals surface area contributed by atoms with Crippen molar-refractivity contribution < 1.29 is 14.3 Å². The Morgan fingerprint density at radius 2 is 2.06 bits per heavy atom. The Morgan fingerprint density at radius 1 is 1.24 bits per heavy atom. The molecule has 1 atom stereocenters. The second kappa shape index (κ2) is 8.68. The molecule has 0 saturated carbocycles. The molecule has 0 bridgehead atoms. The Labute approximate surface area is 193 Å². The van der Waals surface area contributed by atoms with Gasteiger partial charge >= 0.3 is 0 Å². The first kappa shape index (κ1) is 21.2. The van der Waals surface area contributed by atoms with Crippen LogP contribution in [0.4, 0.5) is 5.82 Å². The van der Waals surface area contributed by atoms with Crippen molar-refractivity contribution in [3.63, 3.8) is 0 Å². The molecule has 0 aliphatic carbocycles. The minimum atomic E-state index is -0.453. The predicted molar refractivity (Wildman–Crippen MR) is 128 cm³/mol. The lowest BCUT2D eigenvalue weighted by Gasteiger charge is -2.13. The van der Waals surface area contributed by atoms with Gasteiger partial charge in [-0.05, 0) is 43.2 Å². The van der Waals surface area contributed by atoms with E-state index in [1.807, 2.05) is 49.4 Å². The second-order valence-electron chi connectivity index (χ2n) is 7.84. The number of hydrogen-bond acceptors (Lipinski definition) is 7. The number of anilines is 1. The molecule has 1 fully saturated rings. The first-order valence-corrected chi connectivity index (χ1v) is 11.4. The lowest BCUT2D eigenvalue weighted by molar-refractivity contribution is 0.0934. The van der Waals surface area contributed by atoms with Gasteiger partial charge in [0.1, 0.15) is 16.3 Å². The van der Waals surface area contributed by atoms with Gasteiger partial charge in [0.05, 0.1) is 28.7 Å². The van der Waals surface area contributed by atoms with Gasteiger partial charge in [-0.25, -0.2) is 4.98 Å². The number of aromatic nitrogens is 2. The minimum absolute atomic E-state index is 0.0160. The first-order chi connectivity index (χ1) is 16.0. The molecular formula is C24H22N4O4S. The van der Waals surface area contributed by atoms with Crippen molar-refractivity contribution in [3.8, 4) is 17.2 Å². The molecule has 2 aromatic heterocycles. The van der Waals surface area contributed by atoms with E-state index in [0.29, 0.717) is 45.6 Å². The molecule has 168 valence electrons. The van der Waals surface area contributed by atoms with E-state index in [4.69, 9.17) is 15.2 Å². The van der Waals surface area contributed by atoms with Crippen LogP contribution in [0.15, 0.2) is 59.4 Å². The molecular weight excluding hydrogens is 440 g/mol. The van der Waals surface area contributed by atoms with Crippen LogP contribution in [0.5, 0.6) is 11.5 Å². The summed E-state index contributed by atoms with van der Waals surface area (Å²) in [5.74, 6) is 0.952. The fraction of sp³-hybridized carbons (Fsp3) is 0.208. The fourth-order valence-corrected chi connectivity index (χ4v) is 4.65. The molecule has 1 aliphatic heterocycles. The number of ether oxygens (including phenoxy) is 2. The number of para-hydroxylation sites is 1.